The summed E-state index contributed by atoms with van der Waals surface area (Å²) in [4.78, 5) is 12.3. The van der Waals surface area contributed by atoms with Crippen molar-refractivity contribution in [3.05, 3.63) is 54.1 Å². The minimum Gasteiger partial charge on any atom is -0.486 e. The zero-order valence-corrected chi connectivity index (χ0v) is 13.8. The molecule has 0 bridgehead atoms. The average Bonchev–Trinajstić information content (AvgIpc) is 2.62. The molecule has 0 saturated carbocycles. The van der Waals surface area contributed by atoms with Crippen molar-refractivity contribution in [1.29, 1.82) is 0 Å². The van der Waals surface area contributed by atoms with Crippen LogP contribution in [0, 0.1) is 0 Å². The molecule has 1 aliphatic heterocycles. The smallest absolute Gasteiger partial charge is 0.261 e. The second-order valence-corrected chi connectivity index (χ2v) is 5.71. The molecular formula is C19H21NO4. The van der Waals surface area contributed by atoms with Crippen molar-refractivity contribution in [2.75, 3.05) is 13.2 Å². The van der Waals surface area contributed by atoms with Crippen LogP contribution >= 0.6 is 0 Å². The van der Waals surface area contributed by atoms with Gasteiger partial charge in [-0.1, -0.05) is 24.3 Å². The Balaban J connectivity index is 1.61. The van der Waals surface area contributed by atoms with Gasteiger partial charge in [0.2, 0.25) is 0 Å². The molecule has 1 aliphatic rings. The van der Waals surface area contributed by atoms with Crippen LogP contribution in [0.4, 0.5) is 0 Å². The highest BCUT2D eigenvalue weighted by atomic mass is 16.6. The number of nitrogens with one attached hydrogen (secondary N) is 1. The van der Waals surface area contributed by atoms with Gasteiger partial charge in [0, 0.05) is 0 Å². The summed E-state index contributed by atoms with van der Waals surface area (Å²) in [6.07, 6.45) is -0.577. The third-order valence-electron chi connectivity index (χ3n) is 3.85. The van der Waals surface area contributed by atoms with Crippen LogP contribution in [0.2, 0.25) is 0 Å². The Labute approximate surface area is 141 Å². The molecule has 0 spiro atoms. The Morgan fingerprint density at radius 3 is 2.50 bits per heavy atom. The highest BCUT2D eigenvalue weighted by molar-refractivity contribution is 5.81. The average molecular weight is 327 g/mol. The van der Waals surface area contributed by atoms with E-state index < -0.39 is 6.10 Å². The second kappa shape index (κ2) is 7.25. The van der Waals surface area contributed by atoms with Crippen molar-refractivity contribution in [3.63, 3.8) is 0 Å². The third-order valence-corrected chi connectivity index (χ3v) is 3.85. The van der Waals surface area contributed by atoms with Gasteiger partial charge in [-0.3, -0.25) is 4.79 Å². The van der Waals surface area contributed by atoms with E-state index in [0.29, 0.717) is 24.7 Å². The molecule has 5 nitrogen and oxygen atoms in total. The normalized spacial score (nSPS) is 15.2. The summed E-state index contributed by atoms with van der Waals surface area (Å²) >= 11 is 0. The number of fused-ring (bicyclic) bond motifs is 1. The van der Waals surface area contributed by atoms with Crippen molar-refractivity contribution in [1.82, 2.24) is 5.32 Å². The third kappa shape index (κ3) is 3.79. The minimum absolute atomic E-state index is 0.157. The van der Waals surface area contributed by atoms with Crippen molar-refractivity contribution >= 4 is 5.91 Å². The lowest BCUT2D eigenvalue weighted by atomic mass is 10.1. The molecule has 1 N–H and O–H groups in total. The summed E-state index contributed by atoms with van der Waals surface area (Å²) in [5.74, 6) is 1.96. The maximum Gasteiger partial charge on any atom is 0.261 e. The first-order chi connectivity index (χ1) is 11.6. The van der Waals surface area contributed by atoms with Crippen molar-refractivity contribution in [2.24, 2.45) is 0 Å². The van der Waals surface area contributed by atoms with Crippen LogP contribution in [0.3, 0.4) is 0 Å². The molecule has 0 fully saturated rings. The number of rotatable bonds is 5. The maximum absolute atomic E-state index is 12.3. The van der Waals surface area contributed by atoms with E-state index in [1.165, 1.54) is 0 Å². The molecule has 1 amide bonds. The van der Waals surface area contributed by atoms with E-state index in [-0.39, 0.29) is 11.9 Å². The number of amides is 1. The Morgan fingerprint density at radius 1 is 1.04 bits per heavy atom. The monoisotopic (exact) mass is 327 g/mol. The number of benzene rings is 2. The molecule has 0 aliphatic carbocycles. The van der Waals surface area contributed by atoms with Crippen molar-refractivity contribution < 1.29 is 19.0 Å². The van der Waals surface area contributed by atoms with Gasteiger partial charge in [-0.15, -0.1) is 0 Å². The topological polar surface area (TPSA) is 56.8 Å². The van der Waals surface area contributed by atoms with Crippen LogP contribution in [-0.4, -0.2) is 25.2 Å². The predicted molar refractivity (Wildman–Crippen MR) is 90.5 cm³/mol. The highest BCUT2D eigenvalue weighted by Crippen LogP contribution is 2.32. The van der Waals surface area contributed by atoms with Gasteiger partial charge in [0.1, 0.15) is 19.0 Å². The number of para-hydroxylation sites is 1. The molecular weight excluding hydrogens is 306 g/mol. The summed E-state index contributed by atoms with van der Waals surface area (Å²) in [5.41, 5.74) is 0.958. The van der Waals surface area contributed by atoms with Gasteiger partial charge in [0.25, 0.3) is 5.91 Å². The lowest BCUT2D eigenvalue weighted by Gasteiger charge is -2.22. The Hall–Kier alpha value is -2.69. The Kier molecular flexibility index (Phi) is 4.89. The molecule has 0 saturated heterocycles. The van der Waals surface area contributed by atoms with Crippen LogP contribution in [0.5, 0.6) is 17.2 Å². The summed E-state index contributed by atoms with van der Waals surface area (Å²) < 4.78 is 16.7. The molecule has 1 heterocycles. The van der Waals surface area contributed by atoms with E-state index in [9.17, 15) is 4.79 Å². The molecule has 2 aromatic carbocycles. The van der Waals surface area contributed by atoms with Crippen molar-refractivity contribution in [2.45, 2.75) is 26.0 Å². The molecule has 2 unspecified atom stereocenters. The van der Waals surface area contributed by atoms with Gasteiger partial charge in [-0.2, -0.15) is 0 Å². The molecule has 0 radical (unpaired) electrons. The lowest BCUT2D eigenvalue weighted by molar-refractivity contribution is -0.127. The Bertz CT molecular complexity index is 702. The van der Waals surface area contributed by atoms with Crippen molar-refractivity contribution in [3.8, 4) is 17.2 Å². The van der Waals surface area contributed by atoms with Crippen LogP contribution in [0.15, 0.2) is 48.5 Å². The molecule has 5 heteroatoms. The molecule has 2 aromatic rings. The fraction of sp³-hybridized carbons (Fsp3) is 0.316. The van der Waals surface area contributed by atoms with E-state index in [0.717, 1.165) is 11.3 Å². The van der Waals surface area contributed by atoms with E-state index in [2.05, 4.69) is 5.32 Å². The van der Waals surface area contributed by atoms with Gasteiger partial charge in [-0.05, 0) is 43.7 Å². The first kappa shape index (κ1) is 16.2. The lowest BCUT2D eigenvalue weighted by Crippen LogP contribution is -2.37. The molecule has 24 heavy (non-hydrogen) atoms. The molecule has 2 atom stereocenters. The van der Waals surface area contributed by atoms with E-state index in [4.69, 9.17) is 14.2 Å². The summed E-state index contributed by atoms with van der Waals surface area (Å²) in [5, 5.41) is 2.96. The van der Waals surface area contributed by atoms with Gasteiger partial charge in [0.05, 0.1) is 6.04 Å². The standard InChI is InChI=1S/C19H21NO4/c1-13(15-8-9-17-18(12-15)23-11-10-22-17)20-19(21)14(2)24-16-6-4-3-5-7-16/h3-9,12-14H,10-11H2,1-2H3,(H,20,21). The molecule has 0 aromatic heterocycles. The van der Waals surface area contributed by atoms with E-state index >= 15 is 0 Å². The quantitative estimate of drug-likeness (QED) is 0.917. The zero-order valence-electron chi connectivity index (χ0n) is 13.8. The number of carbonyl (C=O) groups excluding carboxylic acids is 1. The van der Waals surface area contributed by atoms with Gasteiger partial charge >= 0.3 is 0 Å². The largest absolute Gasteiger partial charge is 0.486 e. The van der Waals surface area contributed by atoms with E-state index in [1.807, 2.05) is 55.5 Å². The van der Waals surface area contributed by atoms with Gasteiger partial charge < -0.3 is 19.5 Å². The summed E-state index contributed by atoms with van der Waals surface area (Å²) in [7, 11) is 0. The fourth-order valence-corrected chi connectivity index (χ4v) is 2.50. The minimum atomic E-state index is -0.577. The van der Waals surface area contributed by atoms with Crippen LogP contribution in [0.25, 0.3) is 0 Å². The first-order valence-corrected chi connectivity index (χ1v) is 8.05. The van der Waals surface area contributed by atoms with Gasteiger partial charge in [-0.25, -0.2) is 0 Å². The Morgan fingerprint density at radius 2 is 1.75 bits per heavy atom. The van der Waals surface area contributed by atoms with Crippen LogP contribution in [-0.2, 0) is 4.79 Å². The van der Waals surface area contributed by atoms with Crippen LogP contribution < -0.4 is 19.5 Å². The molecule has 126 valence electrons. The summed E-state index contributed by atoms with van der Waals surface area (Å²) in [6, 6.07) is 14.9. The highest BCUT2D eigenvalue weighted by Gasteiger charge is 2.19. The zero-order chi connectivity index (χ0) is 16.9. The first-order valence-electron chi connectivity index (χ1n) is 8.05. The number of carbonyl (C=O) groups is 1. The fourth-order valence-electron chi connectivity index (χ4n) is 2.50. The number of hydrogen-bond donors (Lipinski definition) is 1. The number of ether oxygens (including phenoxy) is 3. The van der Waals surface area contributed by atoms with Crippen LogP contribution in [0.1, 0.15) is 25.5 Å². The van der Waals surface area contributed by atoms with Gasteiger partial charge in [0.15, 0.2) is 17.6 Å². The number of hydrogen-bond acceptors (Lipinski definition) is 4. The summed E-state index contributed by atoms with van der Waals surface area (Å²) in [6.45, 7) is 4.77. The predicted octanol–water partition coefficient (Wildman–Crippen LogP) is 3.10. The second-order valence-electron chi connectivity index (χ2n) is 5.71. The van der Waals surface area contributed by atoms with E-state index in [1.54, 1.807) is 6.92 Å². The maximum atomic E-state index is 12.3. The molecule has 3 rings (SSSR count). The SMILES string of the molecule is CC(Oc1ccccc1)C(=O)NC(C)c1ccc2c(c1)OCCO2.